The molecule has 0 spiro atoms. The van der Waals surface area contributed by atoms with E-state index >= 15 is 0 Å². The first-order chi connectivity index (χ1) is 11.5. The number of nitrogens with zero attached hydrogens (tertiary/aromatic N) is 2. The Morgan fingerprint density at radius 3 is 2.88 bits per heavy atom. The number of amides is 2. The van der Waals surface area contributed by atoms with Gasteiger partial charge in [0, 0.05) is 24.7 Å². The van der Waals surface area contributed by atoms with Crippen LogP contribution in [0.1, 0.15) is 30.2 Å². The van der Waals surface area contributed by atoms with Crippen LogP contribution in [-0.4, -0.2) is 23.5 Å². The van der Waals surface area contributed by atoms with Gasteiger partial charge in [0.1, 0.15) is 5.76 Å². The highest BCUT2D eigenvalue weighted by Gasteiger charge is 2.36. The number of hydrogen-bond donors (Lipinski definition) is 1. The number of aryl methyl sites for hydroxylation is 3. The van der Waals surface area contributed by atoms with Crippen molar-refractivity contribution in [2.24, 2.45) is 5.92 Å². The van der Waals surface area contributed by atoms with E-state index in [2.05, 4.69) is 17.4 Å². The molecule has 1 aliphatic rings. The molecule has 0 radical (unpaired) electrons. The monoisotopic (exact) mass is 327 g/mol. The van der Waals surface area contributed by atoms with Gasteiger partial charge in [0.15, 0.2) is 5.82 Å². The molecule has 1 aromatic heterocycles. The largest absolute Gasteiger partial charge is 0.360 e. The molecule has 2 amide bonds. The molecule has 126 valence electrons. The second-order valence-electron chi connectivity index (χ2n) is 6.15. The van der Waals surface area contributed by atoms with Gasteiger partial charge in [-0.2, -0.15) is 0 Å². The van der Waals surface area contributed by atoms with E-state index in [0.29, 0.717) is 18.1 Å². The maximum absolute atomic E-state index is 12.6. The summed E-state index contributed by atoms with van der Waals surface area (Å²) in [6.45, 7) is 6.12. The molecular formula is C18H21N3O3. The highest BCUT2D eigenvalue weighted by atomic mass is 16.5. The van der Waals surface area contributed by atoms with Gasteiger partial charge in [-0.3, -0.25) is 14.5 Å². The Morgan fingerprint density at radius 2 is 2.21 bits per heavy atom. The summed E-state index contributed by atoms with van der Waals surface area (Å²) in [6, 6.07) is 7.66. The summed E-state index contributed by atoms with van der Waals surface area (Å²) in [6.07, 6.45) is 1.02. The number of hydrogen-bond acceptors (Lipinski definition) is 4. The zero-order valence-electron chi connectivity index (χ0n) is 14.1. The molecule has 1 atom stereocenters. The van der Waals surface area contributed by atoms with Crippen LogP contribution in [0.2, 0.25) is 0 Å². The predicted molar refractivity (Wildman–Crippen MR) is 90.9 cm³/mol. The van der Waals surface area contributed by atoms with E-state index in [9.17, 15) is 9.59 Å². The van der Waals surface area contributed by atoms with Gasteiger partial charge in [-0.1, -0.05) is 30.3 Å². The molecule has 1 saturated heterocycles. The van der Waals surface area contributed by atoms with Crippen molar-refractivity contribution in [3.63, 3.8) is 0 Å². The van der Waals surface area contributed by atoms with Gasteiger partial charge < -0.3 is 9.84 Å². The first kappa shape index (κ1) is 16.2. The van der Waals surface area contributed by atoms with Crippen LogP contribution < -0.4 is 10.2 Å². The molecule has 1 N–H and O–H groups in total. The molecule has 2 heterocycles. The van der Waals surface area contributed by atoms with Crippen molar-refractivity contribution in [3.05, 3.63) is 41.2 Å². The molecule has 0 aliphatic carbocycles. The minimum Gasteiger partial charge on any atom is -0.360 e. The van der Waals surface area contributed by atoms with E-state index < -0.39 is 0 Å². The molecule has 1 aliphatic heterocycles. The van der Waals surface area contributed by atoms with E-state index in [-0.39, 0.29) is 24.2 Å². The van der Waals surface area contributed by atoms with Crippen LogP contribution in [0.4, 0.5) is 11.5 Å². The van der Waals surface area contributed by atoms with E-state index in [4.69, 9.17) is 4.52 Å². The number of rotatable bonds is 4. The molecule has 3 rings (SSSR count). The lowest BCUT2D eigenvalue weighted by molar-refractivity contribution is -0.122. The van der Waals surface area contributed by atoms with Crippen molar-refractivity contribution < 1.29 is 14.1 Å². The van der Waals surface area contributed by atoms with Gasteiger partial charge in [0.2, 0.25) is 11.8 Å². The van der Waals surface area contributed by atoms with Crippen LogP contribution in [0.15, 0.2) is 28.8 Å². The number of para-hydroxylation sites is 1. The summed E-state index contributed by atoms with van der Waals surface area (Å²) in [7, 11) is 0. The van der Waals surface area contributed by atoms with E-state index in [1.807, 2.05) is 25.1 Å². The number of aromatic nitrogens is 1. The molecule has 0 saturated carbocycles. The first-order valence-corrected chi connectivity index (χ1v) is 8.12. The quantitative estimate of drug-likeness (QED) is 0.937. The third-order valence-electron chi connectivity index (χ3n) is 4.38. The number of nitrogens with one attached hydrogen (secondary N) is 1. The minimum atomic E-state index is -0.390. The van der Waals surface area contributed by atoms with Gasteiger partial charge in [0.25, 0.3) is 0 Å². The molecule has 1 unspecified atom stereocenters. The number of carbonyl (C=O) groups is 2. The molecule has 0 bridgehead atoms. The summed E-state index contributed by atoms with van der Waals surface area (Å²) in [4.78, 5) is 26.3. The van der Waals surface area contributed by atoms with Crippen LogP contribution in [-0.2, 0) is 16.0 Å². The third kappa shape index (κ3) is 3.04. The first-order valence-electron chi connectivity index (χ1n) is 8.12. The number of anilines is 2. The van der Waals surface area contributed by atoms with Crippen LogP contribution in [0, 0.1) is 19.8 Å². The lowest BCUT2D eigenvalue weighted by Gasteiger charge is -2.16. The fourth-order valence-corrected chi connectivity index (χ4v) is 3.01. The Morgan fingerprint density at radius 1 is 1.42 bits per heavy atom. The fraction of sp³-hybridized carbons (Fsp3) is 0.389. The lowest BCUT2D eigenvalue weighted by Crippen LogP contribution is -2.28. The van der Waals surface area contributed by atoms with Gasteiger partial charge in [-0.15, -0.1) is 0 Å². The Kier molecular flexibility index (Phi) is 4.38. The van der Waals surface area contributed by atoms with Crippen LogP contribution in [0.25, 0.3) is 0 Å². The standard InChI is InChI=1S/C18H21N3O3/c1-4-13-7-5-6-11(2)17(13)19-18(23)14-9-16(22)21(10-14)15-8-12(3)24-20-15/h5-8,14H,4,9-10H2,1-3H3,(H,19,23). The van der Waals surface area contributed by atoms with Crippen molar-refractivity contribution in [1.82, 2.24) is 5.16 Å². The van der Waals surface area contributed by atoms with E-state index in [1.165, 1.54) is 4.90 Å². The molecular weight excluding hydrogens is 306 g/mol. The second kappa shape index (κ2) is 6.47. The van der Waals surface area contributed by atoms with Crippen molar-refractivity contribution in [3.8, 4) is 0 Å². The van der Waals surface area contributed by atoms with Crippen molar-refractivity contribution >= 4 is 23.3 Å². The normalized spacial score (nSPS) is 17.4. The van der Waals surface area contributed by atoms with Crippen LogP contribution in [0.5, 0.6) is 0 Å². The van der Waals surface area contributed by atoms with Crippen molar-refractivity contribution in [2.75, 3.05) is 16.8 Å². The Labute approximate surface area is 140 Å². The summed E-state index contributed by atoms with van der Waals surface area (Å²) in [5.41, 5.74) is 2.97. The van der Waals surface area contributed by atoms with Gasteiger partial charge in [0.05, 0.1) is 5.92 Å². The number of carbonyl (C=O) groups excluding carboxylic acids is 2. The van der Waals surface area contributed by atoms with Crippen LogP contribution >= 0.6 is 0 Å². The van der Waals surface area contributed by atoms with Crippen LogP contribution in [0.3, 0.4) is 0 Å². The SMILES string of the molecule is CCc1cccc(C)c1NC(=O)C1CC(=O)N(c2cc(C)on2)C1. The maximum Gasteiger partial charge on any atom is 0.229 e. The van der Waals surface area contributed by atoms with Gasteiger partial charge in [-0.05, 0) is 31.4 Å². The molecule has 2 aromatic rings. The highest BCUT2D eigenvalue weighted by Crippen LogP contribution is 2.27. The molecule has 6 heteroatoms. The summed E-state index contributed by atoms with van der Waals surface area (Å²) in [5, 5.41) is 6.87. The summed E-state index contributed by atoms with van der Waals surface area (Å²) in [5.74, 6) is 0.481. The Bertz CT molecular complexity index is 782. The number of benzene rings is 1. The maximum atomic E-state index is 12.6. The highest BCUT2D eigenvalue weighted by molar-refractivity contribution is 6.03. The third-order valence-corrected chi connectivity index (χ3v) is 4.38. The predicted octanol–water partition coefficient (Wildman–Crippen LogP) is 2.85. The van der Waals surface area contributed by atoms with Gasteiger partial charge in [-0.25, -0.2) is 0 Å². The molecule has 6 nitrogen and oxygen atoms in total. The molecule has 1 aromatic carbocycles. The Hall–Kier alpha value is -2.63. The molecule has 1 fully saturated rings. The summed E-state index contributed by atoms with van der Waals surface area (Å²) >= 11 is 0. The zero-order valence-corrected chi connectivity index (χ0v) is 14.1. The smallest absolute Gasteiger partial charge is 0.229 e. The van der Waals surface area contributed by atoms with Crippen molar-refractivity contribution in [2.45, 2.75) is 33.6 Å². The minimum absolute atomic E-state index is 0.107. The average molecular weight is 327 g/mol. The summed E-state index contributed by atoms with van der Waals surface area (Å²) < 4.78 is 5.02. The average Bonchev–Trinajstić information content (AvgIpc) is 3.15. The van der Waals surface area contributed by atoms with E-state index in [0.717, 1.165) is 23.2 Å². The fourth-order valence-electron chi connectivity index (χ4n) is 3.01. The van der Waals surface area contributed by atoms with Gasteiger partial charge >= 0.3 is 0 Å². The zero-order chi connectivity index (χ0) is 17.3. The van der Waals surface area contributed by atoms with E-state index in [1.54, 1.807) is 13.0 Å². The molecule has 24 heavy (non-hydrogen) atoms. The van der Waals surface area contributed by atoms with Crippen molar-refractivity contribution in [1.29, 1.82) is 0 Å². The lowest BCUT2D eigenvalue weighted by atomic mass is 10.0. The Balaban J connectivity index is 1.74. The second-order valence-corrected chi connectivity index (χ2v) is 6.15. The topological polar surface area (TPSA) is 75.4 Å².